The van der Waals surface area contributed by atoms with E-state index < -0.39 is 28.0 Å². The van der Waals surface area contributed by atoms with Crippen LogP contribution in [0.4, 0.5) is 4.79 Å². The number of sulfonamides is 1. The Labute approximate surface area is 281 Å². The second-order valence-corrected chi connectivity index (χ2v) is 12.2. The van der Waals surface area contributed by atoms with Crippen LogP contribution < -0.4 is 24.8 Å². The van der Waals surface area contributed by atoms with E-state index in [9.17, 15) is 27.6 Å². The summed E-state index contributed by atoms with van der Waals surface area (Å²) in [6.45, 7) is 1.92. The number of halogens is 1. The second-order valence-electron chi connectivity index (χ2n) is 10.1. The summed E-state index contributed by atoms with van der Waals surface area (Å²) < 4.78 is 42.9. The van der Waals surface area contributed by atoms with Gasteiger partial charge in [-0.05, 0) is 66.9 Å². The number of ether oxygens (including phenoxy) is 3. The molecule has 0 radical (unpaired) electrons. The van der Waals surface area contributed by atoms with Crippen LogP contribution in [-0.2, 0) is 21.2 Å². The van der Waals surface area contributed by atoms with Crippen LogP contribution in [-0.4, -0.2) is 64.1 Å². The zero-order chi connectivity index (χ0) is 34.7. The molecular weight excluding hydrogens is 664 g/mol. The number of rotatable bonds is 13. The number of methoxy groups -OCH3 is 1. The molecule has 4 aromatic rings. The first-order valence-corrected chi connectivity index (χ1v) is 16.3. The Morgan fingerprint density at radius 3 is 2.29 bits per heavy atom. The number of benzene rings is 3. The summed E-state index contributed by atoms with van der Waals surface area (Å²) in [4.78, 5) is 53.0. The molecule has 1 aromatic heterocycles. The SMILES string of the molecule is COc1ccc(Cl)c(C(=O)NCCc2ccc(S(=O)(=O)NC(=O)c3ccc(OC(=O)NCCOC(=O)c4ccccc4C)nc3)cc2)c1. The molecule has 0 saturated carbocycles. The van der Waals surface area contributed by atoms with Crippen molar-refractivity contribution in [1.29, 1.82) is 0 Å². The molecular formula is C33H31ClN4O9S. The van der Waals surface area contributed by atoms with Gasteiger partial charge in [0.1, 0.15) is 12.4 Å². The van der Waals surface area contributed by atoms with E-state index in [1.165, 1.54) is 37.4 Å². The summed E-state index contributed by atoms with van der Waals surface area (Å²) in [6, 6.07) is 19.9. The maximum Gasteiger partial charge on any atom is 0.414 e. The molecule has 0 spiro atoms. The molecule has 0 bridgehead atoms. The number of hydrogen-bond donors (Lipinski definition) is 3. The quantitative estimate of drug-likeness (QED) is 0.136. The van der Waals surface area contributed by atoms with Crippen LogP contribution in [0.3, 0.4) is 0 Å². The Morgan fingerprint density at radius 2 is 1.60 bits per heavy atom. The molecule has 0 aliphatic carbocycles. The number of hydrogen-bond acceptors (Lipinski definition) is 10. The minimum absolute atomic E-state index is 0.0219. The van der Waals surface area contributed by atoms with Gasteiger partial charge in [0.2, 0.25) is 5.88 Å². The zero-order valence-corrected chi connectivity index (χ0v) is 27.4. The first kappa shape index (κ1) is 35.4. The molecule has 15 heteroatoms. The van der Waals surface area contributed by atoms with Crippen molar-refractivity contribution >= 4 is 45.5 Å². The van der Waals surface area contributed by atoms with Gasteiger partial charge < -0.3 is 24.8 Å². The lowest BCUT2D eigenvalue weighted by molar-refractivity contribution is 0.0506. The van der Waals surface area contributed by atoms with Gasteiger partial charge in [0.15, 0.2) is 0 Å². The highest BCUT2D eigenvalue weighted by Gasteiger charge is 2.20. The van der Waals surface area contributed by atoms with E-state index in [4.69, 9.17) is 25.8 Å². The molecule has 1 heterocycles. The van der Waals surface area contributed by atoms with Gasteiger partial charge >= 0.3 is 12.1 Å². The van der Waals surface area contributed by atoms with Crippen LogP contribution >= 0.6 is 11.6 Å². The topological polar surface area (TPSA) is 179 Å². The second kappa shape index (κ2) is 16.4. The van der Waals surface area contributed by atoms with Gasteiger partial charge in [0.25, 0.3) is 21.8 Å². The maximum atomic E-state index is 12.8. The third-order valence-electron chi connectivity index (χ3n) is 6.74. The maximum absolute atomic E-state index is 12.8. The highest BCUT2D eigenvalue weighted by molar-refractivity contribution is 7.90. The number of amides is 3. The summed E-state index contributed by atoms with van der Waals surface area (Å²) >= 11 is 6.11. The molecule has 3 N–H and O–H groups in total. The van der Waals surface area contributed by atoms with Gasteiger partial charge in [0, 0.05) is 18.8 Å². The van der Waals surface area contributed by atoms with Gasteiger partial charge in [-0.1, -0.05) is 41.9 Å². The van der Waals surface area contributed by atoms with E-state index >= 15 is 0 Å². The molecule has 4 rings (SSSR count). The lowest BCUT2D eigenvalue weighted by atomic mass is 10.1. The molecule has 48 heavy (non-hydrogen) atoms. The Hall–Kier alpha value is -5.47. The number of nitrogens with one attached hydrogen (secondary N) is 3. The van der Waals surface area contributed by atoms with Gasteiger partial charge in [-0.25, -0.2) is 27.7 Å². The zero-order valence-electron chi connectivity index (χ0n) is 25.8. The van der Waals surface area contributed by atoms with E-state index in [1.807, 2.05) is 4.72 Å². The van der Waals surface area contributed by atoms with Crippen LogP contribution in [0.1, 0.15) is 42.2 Å². The molecule has 3 amide bonds. The molecule has 3 aromatic carbocycles. The molecule has 0 atom stereocenters. The number of carbonyl (C=O) groups excluding carboxylic acids is 4. The molecule has 0 unspecified atom stereocenters. The normalized spacial score (nSPS) is 10.8. The number of carbonyl (C=O) groups is 4. The fourth-order valence-corrected chi connectivity index (χ4v) is 5.36. The predicted octanol–water partition coefficient (Wildman–Crippen LogP) is 4.09. The van der Waals surface area contributed by atoms with Crippen molar-refractivity contribution < 1.29 is 41.8 Å². The molecule has 250 valence electrons. The lowest BCUT2D eigenvalue weighted by Gasteiger charge is -2.10. The Bertz CT molecular complexity index is 1900. The fourth-order valence-electron chi connectivity index (χ4n) is 4.18. The van der Waals surface area contributed by atoms with Crippen LogP contribution in [0.15, 0.2) is 90.0 Å². The Kier molecular flexibility index (Phi) is 12.1. The highest BCUT2D eigenvalue weighted by Crippen LogP contribution is 2.22. The van der Waals surface area contributed by atoms with E-state index in [0.717, 1.165) is 17.3 Å². The third kappa shape index (κ3) is 9.77. The van der Waals surface area contributed by atoms with Crippen LogP contribution in [0, 0.1) is 6.92 Å². The average molecular weight is 695 g/mol. The first-order valence-electron chi connectivity index (χ1n) is 14.4. The van der Waals surface area contributed by atoms with Crippen molar-refractivity contribution in [2.75, 3.05) is 26.8 Å². The molecule has 13 nitrogen and oxygen atoms in total. The molecule has 0 aliphatic rings. The number of aromatic nitrogens is 1. The van der Waals surface area contributed by atoms with Crippen LogP contribution in [0.25, 0.3) is 0 Å². The third-order valence-corrected chi connectivity index (χ3v) is 8.42. The summed E-state index contributed by atoms with van der Waals surface area (Å²) in [5.41, 5.74) is 2.09. The number of esters is 1. The van der Waals surface area contributed by atoms with Gasteiger partial charge in [-0.15, -0.1) is 0 Å². The smallest absolute Gasteiger partial charge is 0.414 e. The lowest BCUT2D eigenvalue weighted by Crippen LogP contribution is -2.31. The minimum atomic E-state index is -4.23. The molecule has 0 aliphatic heterocycles. The van der Waals surface area contributed by atoms with E-state index in [2.05, 4.69) is 15.6 Å². The van der Waals surface area contributed by atoms with Crippen molar-refractivity contribution in [2.24, 2.45) is 0 Å². The van der Waals surface area contributed by atoms with Gasteiger partial charge in [-0.3, -0.25) is 9.59 Å². The van der Waals surface area contributed by atoms with E-state index in [-0.39, 0.29) is 52.5 Å². The summed E-state index contributed by atoms with van der Waals surface area (Å²) in [7, 11) is -2.75. The summed E-state index contributed by atoms with van der Waals surface area (Å²) in [6.07, 6.45) is 0.578. The average Bonchev–Trinajstić information content (AvgIpc) is 3.07. The van der Waals surface area contributed by atoms with Gasteiger partial charge in [0.05, 0.1) is 40.3 Å². The van der Waals surface area contributed by atoms with Crippen LogP contribution in [0.5, 0.6) is 11.6 Å². The fraction of sp³-hybridized carbons (Fsp3) is 0.182. The monoisotopic (exact) mass is 694 g/mol. The molecule has 0 saturated heterocycles. The summed E-state index contributed by atoms with van der Waals surface area (Å²) in [5, 5.41) is 5.44. The van der Waals surface area contributed by atoms with Gasteiger partial charge in [-0.2, -0.15) is 0 Å². The number of nitrogens with zero attached hydrogens (tertiary/aromatic N) is 1. The molecule has 0 fully saturated rings. The van der Waals surface area contributed by atoms with E-state index in [0.29, 0.717) is 17.7 Å². The van der Waals surface area contributed by atoms with Crippen molar-refractivity contribution in [3.8, 4) is 11.6 Å². The minimum Gasteiger partial charge on any atom is -0.497 e. The highest BCUT2D eigenvalue weighted by atomic mass is 35.5. The predicted molar refractivity (Wildman–Crippen MR) is 175 cm³/mol. The summed E-state index contributed by atoms with van der Waals surface area (Å²) in [5.74, 6) is -1.51. The van der Waals surface area contributed by atoms with Crippen molar-refractivity contribution in [3.05, 3.63) is 118 Å². The largest absolute Gasteiger partial charge is 0.497 e. The Morgan fingerprint density at radius 1 is 0.854 bits per heavy atom. The Balaban J connectivity index is 1.21. The standard InChI is InChI=1S/C33H31ClN4O9S/c1-21-5-3-4-6-26(21)32(41)46-18-17-36-33(42)47-29-14-9-23(20-37-29)30(39)38-48(43,44)25-11-7-22(8-12-25)15-16-35-31(40)27-19-24(45-2)10-13-28(27)34/h3-14,19-20H,15-18H2,1-2H3,(H,35,40)(H,36,42)(H,38,39). The van der Waals surface area contributed by atoms with Crippen LogP contribution in [0.2, 0.25) is 5.02 Å². The first-order chi connectivity index (χ1) is 23.0. The number of aryl methyl sites for hydroxylation is 1. The van der Waals surface area contributed by atoms with E-state index in [1.54, 1.807) is 55.5 Å². The van der Waals surface area contributed by atoms with Crippen molar-refractivity contribution in [2.45, 2.75) is 18.2 Å². The van der Waals surface area contributed by atoms with Crippen molar-refractivity contribution in [3.63, 3.8) is 0 Å². The van der Waals surface area contributed by atoms with Crippen molar-refractivity contribution in [1.82, 2.24) is 20.3 Å². The number of pyridine rings is 1.